The molecular formula is C27H37N5O5. The zero-order valence-electron chi connectivity index (χ0n) is 21.1. The molecule has 0 aliphatic rings. The molecule has 3 amide bonds. The lowest BCUT2D eigenvalue weighted by Crippen LogP contribution is -2.56. The van der Waals surface area contributed by atoms with Crippen LogP contribution in [0, 0.1) is 0 Å². The van der Waals surface area contributed by atoms with Crippen molar-refractivity contribution in [1.82, 2.24) is 16.0 Å². The number of amides is 3. The van der Waals surface area contributed by atoms with Gasteiger partial charge >= 0.3 is 5.97 Å². The number of nitrogens with two attached hydrogens (primary N) is 2. The van der Waals surface area contributed by atoms with Crippen LogP contribution in [0.25, 0.3) is 0 Å². The van der Waals surface area contributed by atoms with Gasteiger partial charge in [-0.25, -0.2) is 4.79 Å². The van der Waals surface area contributed by atoms with Crippen molar-refractivity contribution >= 4 is 23.7 Å². The third kappa shape index (κ3) is 10.4. The van der Waals surface area contributed by atoms with E-state index in [1.165, 1.54) is 6.92 Å². The Hall–Kier alpha value is -3.76. The van der Waals surface area contributed by atoms with Crippen molar-refractivity contribution in [2.75, 3.05) is 6.54 Å². The summed E-state index contributed by atoms with van der Waals surface area (Å²) in [5.41, 5.74) is 13.2. The van der Waals surface area contributed by atoms with Crippen LogP contribution >= 0.6 is 0 Å². The van der Waals surface area contributed by atoms with Gasteiger partial charge in [0.05, 0.1) is 6.04 Å². The van der Waals surface area contributed by atoms with E-state index < -0.39 is 47.9 Å². The fraction of sp³-hybridized carbons (Fsp3) is 0.407. The van der Waals surface area contributed by atoms with Crippen LogP contribution in [0.3, 0.4) is 0 Å². The molecule has 37 heavy (non-hydrogen) atoms. The Bertz CT molecular complexity index is 1020. The van der Waals surface area contributed by atoms with Crippen LogP contribution in [0.1, 0.15) is 37.3 Å². The van der Waals surface area contributed by atoms with E-state index in [9.17, 15) is 24.3 Å². The minimum Gasteiger partial charge on any atom is -0.480 e. The zero-order chi connectivity index (χ0) is 27.2. The number of hydrogen-bond donors (Lipinski definition) is 6. The number of hydrogen-bond acceptors (Lipinski definition) is 6. The highest BCUT2D eigenvalue weighted by Gasteiger charge is 2.28. The highest BCUT2D eigenvalue weighted by atomic mass is 16.4. The lowest BCUT2D eigenvalue weighted by Gasteiger charge is -2.24. The highest BCUT2D eigenvalue weighted by Crippen LogP contribution is 2.07. The van der Waals surface area contributed by atoms with Gasteiger partial charge in [0.25, 0.3) is 0 Å². The van der Waals surface area contributed by atoms with Crippen LogP contribution < -0.4 is 27.4 Å². The summed E-state index contributed by atoms with van der Waals surface area (Å²) in [5.74, 6) is -2.88. The van der Waals surface area contributed by atoms with Gasteiger partial charge in [-0.2, -0.15) is 0 Å². The molecule has 2 aromatic rings. The Morgan fingerprint density at radius 1 is 0.757 bits per heavy atom. The molecule has 4 atom stereocenters. The van der Waals surface area contributed by atoms with Crippen LogP contribution in [0.15, 0.2) is 60.7 Å². The van der Waals surface area contributed by atoms with Crippen molar-refractivity contribution in [3.63, 3.8) is 0 Å². The maximum absolute atomic E-state index is 13.0. The third-order valence-electron chi connectivity index (χ3n) is 5.86. The molecule has 2 rings (SSSR count). The van der Waals surface area contributed by atoms with Gasteiger partial charge in [-0.3, -0.25) is 14.4 Å². The maximum Gasteiger partial charge on any atom is 0.326 e. The number of nitrogens with one attached hydrogen (secondary N) is 3. The molecule has 10 heteroatoms. The van der Waals surface area contributed by atoms with Gasteiger partial charge in [0.15, 0.2) is 0 Å². The molecule has 4 unspecified atom stereocenters. The number of carbonyl (C=O) groups excluding carboxylic acids is 3. The van der Waals surface area contributed by atoms with E-state index in [1.54, 1.807) is 24.3 Å². The summed E-state index contributed by atoms with van der Waals surface area (Å²) in [6, 6.07) is 14.2. The van der Waals surface area contributed by atoms with Crippen LogP contribution in [-0.4, -0.2) is 59.5 Å². The predicted octanol–water partition coefficient (Wildman–Crippen LogP) is 0.487. The summed E-state index contributed by atoms with van der Waals surface area (Å²) in [6.07, 6.45) is 1.85. The third-order valence-corrected chi connectivity index (χ3v) is 5.86. The first-order chi connectivity index (χ1) is 17.7. The van der Waals surface area contributed by atoms with E-state index in [0.29, 0.717) is 25.8 Å². The molecule has 0 aliphatic heterocycles. The van der Waals surface area contributed by atoms with Gasteiger partial charge in [-0.05, 0) is 50.3 Å². The summed E-state index contributed by atoms with van der Waals surface area (Å²) in [6.45, 7) is 1.91. The molecule has 8 N–H and O–H groups in total. The molecule has 2 aromatic carbocycles. The molecule has 0 heterocycles. The number of rotatable bonds is 15. The van der Waals surface area contributed by atoms with E-state index in [4.69, 9.17) is 11.5 Å². The molecule has 0 saturated carbocycles. The number of unbranched alkanes of at least 4 members (excludes halogenated alkanes) is 1. The van der Waals surface area contributed by atoms with Crippen molar-refractivity contribution in [2.24, 2.45) is 11.5 Å². The Balaban J connectivity index is 1.99. The SMILES string of the molecule is CC(NC(=O)C(N)Cc1ccccc1)C(=O)NC(CCCCN)C(=O)NC(Cc1ccccc1)C(=O)O. The van der Waals surface area contributed by atoms with E-state index in [0.717, 1.165) is 11.1 Å². The van der Waals surface area contributed by atoms with Crippen molar-refractivity contribution < 1.29 is 24.3 Å². The summed E-state index contributed by atoms with van der Waals surface area (Å²) < 4.78 is 0. The van der Waals surface area contributed by atoms with Gasteiger partial charge in [-0.1, -0.05) is 60.7 Å². The van der Waals surface area contributed by atoms with Crippen LogP contribution in [0.5, 0.6) is 0 Å². The number of aliphatic carboxylic acids is 1. The number of benzene rings is 2. The first-order valence-electron chi connectivity index (χ1n) is 12.4. The lowest BCUT2D eigenvalue weighted by atomic mass is 10.0. The zero-order valence-corrected chi connectivity index (χ0v) is 21.1. The minimum absolute atomic E-state index is 0.0944. The monoisotopic (exact) mass is 511 g/mol. The molecule has 200 valence electrons. The molecule has 0 spiro atoms. The molecule has 0 saturated heterocycles. The Morgan fingerprint density at radius 2 is 1.30 bits per heavy atom. The highest BCUT2D eigenvalue weighted by molar-refractivity contribution is 5.94. The van der Waals surface area contributed by atoms with Crippen molar-refractivity contribution in [3.8, 4) is 0 Å². The first kappa shape index (κ1) is 29.5. The van der Waals surface area contributed by atoms with Gasteiger partial charge < -0.3 is 32.5 Å². The van der Waals surface area contributed by atoms with Gasteiger partial charge in [0, 0.05) is 6.42 Å². The van der Waals surface area contributed by atoms with E-state index in [-0.39, 0.29) is 12.8 Å². The molecule has 10 nitrogen and oxygen atoms in total. The number of carboxylic acid groups (broad SMARTS) is 1. The van der Waals surface area contributed by atoms with Gasteiger partial charge in [0.1, 0.15) is 18.1 Å². The standard InChI is InChI=1S/C27H37N5O5/c1-18(30-25(34)21(29)16-19-10-4-2-5-11-19)24(33)31-22(14-8-9-15-28)26(35)32-23(27(36)37)17-20-12-6-3-7-13-20/h2-7,10-13,18,21-23H,8-9,14-17,28-29H2,1H3,(H,30,34)(H,31,33)(H,32,35)(H,36,37). The minimum atomic E-state index is -1.18. The second-order valence-corrected chi connectivity index (χ2v) is 8.96. The Morgan fingerprint density at radius 3 is 1.84 bits per heavy atom. The summed E-state index contributed by atoms with van der Waals surface area (Å²) in [5, 5.41) is 17.4. The molecule has 0 aromatic heterocycles. The second-order valence-electron chi connectivity index (χ2n) is 8.96. The van der Waals surface area contributed by atoms with E-state index in [1.807, 2.05) is 36.4 Å². The first-order valence-corrected chi connectivity index (χ1v) is 12.4. The molecule has 0 aliphatic carbocycles. The van der Waals surface area contributed by atoms with Crippen molar-refractivity contribution in [1.29, 1.82) is 0 Å². The second kappa shape index (κ2) is 15.4. The number of carboxylic acids is 1. The van der Waals surface area contributed by atoms with Gasteiger partial charge in [-0.15, -0.1) is 0 Å². The van der Waals surface area contributed by atoms with Crippen molar-refractivity contribution in [3.05, 3.63) is 71.8 Å². The summed E-state index contributed by atoms with van der Waals surface area (Å²) in [4.78, 5) is 50.1. The fourth-order valence-corrected chi connectivity index (χ4v) is 3.73. The fourth-order valence-electron chi connectivity index (χ4n) is 3.73. The van der Waals surface area contributed by atoms with Crippen molar-refractivity contribution in [2.45, 2.75) is 63.2 Å². The Labute approximate surface area is 217 Å². The quantitative estimate of drug-likeness (QED) is 0.188. The lowest BCUT2D eigenvalue weighted by molar-refractivity contribution is -0.142. The molecule has 0 bridgehead atoms. The average Bonchev–Trinajstić information content (AvgIpc) is 2.88. The van der Waals surface area contributed by atoms with Crippen LogP contribution in [0.2, 0.25) is 0 Å². The topological polar surface area (TPSA) is 177 Å². The summed E-state index contributed by atoms with van der Waals surface area (Å²) >= 11 is 0. The average molecular weight is 512 g/mol. The molecule has 0 radical (unpaired) electrons. The Kier molecular flexibility index (Phi) is 12.2. The number of carbonyl (C=O) groups is 4. The summed E-state index contributed by atoms with van der Waals surface area (Å²) in [7, 11) is 0. The van der Waals surface area contributed by atoms with E-state index in [2.05, 4.69) is 16.0 Å². The molecule has 0 fully saturated rings. The van der Waals surface area contributed by atoms with Crippen LogP contribution in [-0.2, 0) is 32.0 Å². The smallest absolute Gasteiger partial charge is 0.326 e. The van der Waals surface area contributed by atoms with Gasteiger partial charge in [0.2, 0.25) is 17.7 Å². The normalized spacial score (nSPS) is 14.0. The predicted molar refractivity (Wildman–Crippen MR) is 140 cm³/mol. The maximum atomic E-state index is 13.0. The molecular weight excluding hydrogens is 474 g/mol. The largest absolute Gasteiger partial charge is 0.480 e. The van der Waals surface area contributed by atoms with E-state index >= 15 is 0 Å². The van der Waals surface area contributed by atoms with Crippen LogP contribution in [0.4, 0.5) is 0 Å².